The van der Waals surface area contributed by atoms with Crippen LogP contribution < -0.4 is 10.6 Å². The van der Waals surface area contributed by atoms with E-state index in [1.165, 1.54) is 0 Å². The maximum atomic E-state index is 4.46. The van der Waals surface area contributed by atoms with Crippen molar-refractivity contribution in [1.29, 1.82) is 0 Å². The van der Waals surface area contributed by atoms with Crippen molar-refractivity contribution in [2.45, 2.75) is 26.3 Å². The average molecular weight is 194 g/mol. The standard InChI is InChI=1S/C10H18N4/c1-7(2)10-13-8(6-11-3)5-9(12-4)14-10/h5,7,11H,6H2,1-4H3,(H,12,13,14). The molecule has 1 aromatic heterocycles. The van der Waals surface area contributed by atoms with Crippen molar-refractivity contribution in [1.82, 2.24) is 15.3 Å². The summed E-state index contributed by atoms with van der Waals surface area (Å²) in [4.78, 5) is 8.84. The third-order valence-electron chi connectivity index (χ3n) is 1.93. The molecule has 4 heteroatoms. The normalized spacial score (nSPS) is 10.6. The third-order valence-corrected chi connectivity index (χ3v) is 1.93. The highest BCUT2D eigenvalue weighted by molar-refractivity contribution is 5.35. The zero-order valence-corrected chi connectivity index (χ0v) is 9.26. The lowest BCUT2D eigenvalue weighted by Crippen LogP contribution is -2.11. The van der Waals surface area contributed by atoms with Crippen LogP contribution in [-0.4, -0.2) is 24.1 Å². The zero-order valence-electron chi connectivity index (χ0n) is 9.26. The summed E-state index contributed by atoms with van der Waals surface area (Å²) in [5.41, 5.74) is 1.02. The molecule has 0 aliphatic heterocycles. The predicted molar refractivity (Wildman–Crippen MR) is 58.4 cm³/mol. The van der Waals surface area contributed by atoms with E-state index in [1.54, 1.807) is 0 Å². The molecule has 2 N–H and O–H groups in total. The van der Waals surface area contributed by atoms with Gasteiger partial charge < -0.3 is 10.6 Å². The van der Waals surface area contributed by atoms with Gasteiger partial charge in [0.2, 0.25) is 0 Å². The fraction of sp³-hybridized carbons (Fsp3) is 0.600. The van der Waals surface area contributed by atoms with E-state index in [9.17, 15) is 0 Å². The number of nitrogens with one attached hydrogen (secondary N) is 2. The summed E-state index contributed by atoms with van der Waals surface area (Å²) in [7, 11) is 3.78. The van der Waals surface area contributed by atoms with Crippen molar-refractivity contribution in [2.24, 2.45) is 0 Å². The number of aromatic nitrogens is 2. The molecule has 0 aromatic carbocycles. The van der Waals surface area contributed by atoms with E-state index >= 15 is 0 Å². The van der Waals surface area contributed by atoms with Gasteiger partial charge in [0.15, 0.2) is 0 Å². The first kappa shape index (κ1) is 10.9. The zero-order chi connectivity index (χ0) is 10.6. The maximum absolute atomic E-state index is 4.46. The molecular weight excluding hydrogens is 176 g/mol. The quantitative estimate of drug-likeness (QED) is 0.760. The number of hydrogen-bond donors (Lipinski definition) is 2. The minimum Gasteiger partial charge on any atom is -0.373 e. The van der Waals surface area contributed by atoms with E-state index in [4.69, 9.17) is 0 Å². The number of rotatable bonds is 4. The molecule has 0 radical (unpaired) electrons. The first-order valence-electron chi connectivity index (χ1n) is 4.87. The van der Waals surface area contributed by atoms with Crippen LogP contribution in [0, 0.1) is 0 Å². The van der Waals surface area contributed by atoms with Crippen molar-refractivity contribution in [3.63, 3.8) is 0 Å². The SMILES string of the molecule is CNCc1cc(NC)nc(C(C)C)n1. The van der Waals surface area contributed by atoms with Gasteiger partial charge in [0.25, 0.3) is 0 Å². The van der Waals surface area contributed by atoms with Crippen molar-refractivity contribution < 1.29 is 0 Å². The van der Waals surface area contributed by atoms with E-state index in [1.807, 2.05) is 20.2 Å². The minimum absolute atomic E-state index is 0.360. The second-order valence-corrected chi connectivity index (χ2v) is 3.54. The van der Waals surface area contributed by atoms with Gasteiger partial charge in [-0.15, -0.1) is 0 Å². The van der Waals surface area contributed by atoms with Crippen LogP contribution in [0.4, 0.5) is 5.82 Å². The molecule has 0 fully saturated rings. The van der Waals surface area contributed by atoms with Crippen molar-refractivity contribution in [3.8, 4) is 0 Å². The van der Waals surface area contributed by atoms with Crippen LogP contribution in [0.15, 0.2) is 6.07 Å². The smallest absolute Gasteiger partial charge is 0.133 e. The molecule has 4 nitrogen and oxygen atoms in total. The van der Waals surface area contributed by atoms with Gasteiger partial charge in [0.05, 0.1) is 5.69 Å². The molecule has 78 valence electrons. The molecule has 0 bridgehead atoms. The van der Waals surface area contributed by atoms with Gasteiger partial charge in [-0.3, -0.25) is 0 Å². The molecular formula is C10H18N4. The second kappa shape index (κ2) is 4.91. The van der Waals surface area contributed by atoms with Crippen LogP contribution in [0.25, 0.3) is 0 Å². The van der Waals surface area contributed by atoms with E-state index in [0.29, 0.717) is 5.92 Å². The fourth-order valence-corrected chi connectivity index (χ4v) is 1.18. The first-order valence-corrected chi connectivity index (χ1v) is 4.87. The Bertz CT molecular complexity index is 296. The summed E-state index contributed by atoms with van der Waals surface area (Å²) in [6.45, 7) is 4.97. The summed E-state index contributed by atoms with van der Waals surface area (Å²) in [6.07, 6.45) is 0. The van der Waals surface area contributed by atoms with E-state index < -0.39 is 0 Å². The molecule has 0 saturated carbocycles. The Morgan fingerprint density at radius 3 is 2.50 bits per heavy atom. The molecule has 0 unspecified atom stereocenters. The van der Waals surface area contributed by atoms with Gasteiger partial charge in [0, 0.05) is 25.6 Å². The van der Waals surface area contributed by atoms with Crippen molar-refractivity contribution in [3.05, 3.63) is 17.6 Å². The Morgan fingerprint density at radius 2 is 2.00 bits per heavy atom. The average Bonchev–Trinajstić information content (AvgIpc) is 2.17. The Morgan fingerprint density at radius 1 is 1.29 bits per heavy atom. The summed E-state index contributed by atoms with van der Waals surface area (Å²) < 4.78 is 0. The molecule has 1 aromatic rings. The minimum atomic E-state index is 0.360. The Kier molecular flexibility index (Phi) is 3.83. The van der Waals surface area contributed by atoms with Crippen LogP contribution in [0.5, 0.6) is 0 Å². The molecule has 1 rings (SSSR count). The van der Waals surface area contributed by atoms with Crippen molar-refractivity contribution >= 4 is 5.82 Å². The Balaban J connectivity index is 3.00. The topological polar surface area (TPSA) is 49.8 Å². The van der Waals surface area contributed by atoms with Crippen LogP contribution in [0.3, 0.4) is 0 Å². The maximum Gasteiger partial charge on any atom is 0.133 e. The largest absolute Gasteiger partial charge is 0.373 e. The summed E-state index contributed by atoms with van der Waals surface area (Å²) in [5.74, 6) is 2.13. The van der Waals surface area contributed by atoms with Gasteiger partial charge >= 0.3 is 0 Å². The molecule has 0 saturated heterocycles. The highest BCUT2D eigenvalue weighted by atomic mass is 15.0. The molecule has 14 heavy (non-hydrogen) atoms. The van der Waals surface area contributed by atoms with Crippen LogP contribution in [0.1, 0.15) is 31.3 Å². The van der Waals surface area contributed by atoms with Gasteiger partial charge in [0.1, 0.15) is 11.6 Å². The first-order chi connectivity index (χ1) is 6.67. The lowest BCUT2D eigenvalue weighted by molar-refractivity contribution is 0.728. The summed E-state index contributed by atoms with van der Waals surface area (Å²) in [6, 6.07) is 1.96. The summed E-state index contributed by atoms with van der Waals surface area (Å²) >= 11 is 0. The molecule has 1 heterocycles. The van der Waals surface area contributed by atoms with Gasteiger partial charge in [-0.25, -0.2) is 9.97 Å². The van der Waals surface area contributed by atoms with E-state index in [0.717, 1.165) is 23.9 Å². The molecule has 0 aliphatic rings. The third kappa shape index (κ3) is 2.67. The van der Waals surface area contributed by atoms with Gasteiger partial charge in [-0.2, -0.15) is 0 Å². The van der Waals surface area contributed by atoms with Gasteiger partial charge in [-0.1, -0.05) is 13.8 Å². The highest BCUT2D eigenvalue weighted by Crippen LogP contribution is 2.13. The molecule has 0 atom stereocenters. The molecule has 0 amide bonds. The van der Waals surface area contributed by atoms with Crippen LogP contribution in [-0.2, 0) is 6.54 Å². The number of nitrogens with zero attached hydrogens (tertiary/aromatic N) is 2. The molecule has 0 spiro atoms. The number of anilines is 1. The van der Waals surface area contributed by atoms with Crippen molar-refractivity contribution in [2.75, 3.05) is 19.4 Å². The predicted octanol–water partition coefficient (Wildman–Crippen LogP) is 1.36. The lowest BCUT2D eigenvalue weighted by atomic mass is 10.2. The second-order valence-electron chi connectivity index (χ2n) is 3.54. The Hall–Kier alpha value is -1.16. The van der Waals surface area contributed by atoms with E-state index in [2.05, 4.69) is 34.4 Å². The Labute approximate surface area is 85.2 Å². The monoisotopic (exact) mass is 194 g/mol. The van der Waals surface area contributed by atoms with Gasteiger partial charge in [-0.05, 0) is 7.05 Å². The lowest BCUT2D eigenvalue weighted by Gasteiger charge is -2.09. The fourth-order valence-electron chi connectivity index (χ4n) is 1.18. The van der Waals surface area contributed by atoms with Crippen LogP contribution in [0.2, 0.25) is 0 Å². The highest BCUT2D eigenvalue weighted by Gasteiger charge is 2.06. The number of hydrogen-bond acceptors (Lipinski definition) is 4. The van der Waals surface area contributed by atoms with E-state index in [-0.39, 0.29) is 0 Å². The van der Waals surface area contributed by atoms with Crippen LogP contribution >= 0.6 is 0 Å². The molecule has 0 aliphatic carbocycles. The summed E-state index contributed by atoms with van der Waals surface area (Å²) in [5, 5.41) is 6.13.